The number of nitriles is 1. The van der Waals surface area contributed by atoms with Crippen molar-refractivity contribution in [2.75, 3.05) is 7.11 Å². The Morgan fingerprint density at radius 2 is 1.73 bits per heavy atom. The third-order valence-electron chi connectivity index (χ3n) is 5.02. The molecule has 1 aliphatic carbocycles. The number of carbonyl (C=O) groups excluding carboxylic acids is 1. The molecule has 2 aromatic rings. The van der Waals surface area contributed by atoms with Crippen LogP contribution < -0.4 is 10.1 Å². The van der Waals surface area contributed by atoms with Crippen molar-refractivity contribution in [2.45, 2.75) is 73.0 Å². The molecular weight excluding hydrogens is 481 g/mol. The number of aromatic nitrogens is 2. The summed E-state index contributed by atoms with van der Waals surface area (Å²) in [5.74, 6) is -0.258. The van der Waals surface area contributed by atoms with E-state index in [0.29, 0.717) is 35.5 Å². The molecule has 1 amide bonds. The number of hydrogen-bond donors (Lipinski definition) is 1. The summed E-state index contributed by atoms with van der Waals surface area (Å²) in [5.41, 5.74) is 0.302. The lowest BCUT2D eigenvalue weighted by Gasteiger charge is -2.19. The van der Waals surface area contributed by atoms with Crippen molar-refractivity contribution < 1.29 is 22.7 Å². The second kappa shape index (κ2) is 15.4. The molecule has 0 bridgehead atoms. The largest absolute Gasteiger partial charge is 0.481 e. The van der Waals surface area contributed by atoms with E-state index in [-0.39, 0.29) is 5.57 Å². The van der Waals surface area contributed by atoms with Gasteiger partial charge in [-0.3, -0.25) is 9.78 Å². The second-order valence-electron chi connectivity index (χ2n) is 7.20. The highest BCUT2D eigenvalue weighted by Crippen LogP contribution is 2.45. The Kier molecular flexibility index (Phi) is 13.9. The summed E-state index contributed by atoms with van der Waals surface area (Å²) in [7, 11) is 1.47. The maximum absolute atomic E-state index is 12.7. The lowest BCUT2D eigenvalue weighted by molar-refractivity contribution is -0.118. The fraction of sp³-hybridized carbons (Fsp3) is 0.429. The van der Waals surface area contributed by atoms with Gasteiger partial charge in [0, 0.05) is 35.2 Å². The summed E-state index contributed by atoms with van der Waals surface area (Å²) in [5, 5.41) is 12.1. The monoisotopic (exact) mass is 518 g/mol. The minimum atomic E-state index is -4.59. The third-order valence-corrected chi connectivity index (χ3v) is 5.02. The molecule has 2 aromatic heterocycles. The van der Waals surface area contributed by atoms with Crippen molar-refractivity contribution in [1.29, 1.82) is 5.26 Å². The Hall–Kier alpha value is -3.67. The normalized spacial score (nSPS) is 13.1. The summed E-state index contributed by atoms with van der Waals surface area (Å²) >= 11 is 0. The number of pyridine rings is 2. The molecule has 1 fully saturated rings. The van der Waals surface area contributed by atoms with Crippen LogP contribution in [0.2, 0.25) is 0 Å². The van der Waals surface area contributed by atoms with Crippen LogP contribution in [-0.4, -0.2) is 29.2 Å². The predicted octanol–water partition coefficient (Wildman–Crippen LogP) is 7.27. The average molecular weight is 519 g/mol. The van der Waals surface area contributed by atoms with Gasteiger partial charge in [-0.1, -0.05) is 54.2 Å². The molecule has 0 aliphatic heterocycles. The maximum atomic E-state index is 12.7. The van der Waals surface area contributed by atoms with E-state index in [1.54, 1.807) is 24.4 Å². The molecule has 1 aliphatic rings. The second-order valence-corrected chi connectivity index (χ2v) is 7.20. The molecule has 37 heavy (non-hydrogen) atoms. The zero-order chi connectivity index (χ0) is 28.8. The highest BCUT2D eigenvalue weighted by atomic mass is 19.4. The van der Waals surface area contributed by atoms with Gasteiger partial charge in [0.05, 0.1) is 23.9 Å². The summed E-state index contributed by atoms with van der Waals surface area (Å²) in [6, 6.07) is 7.16. The van der Waals surface area contributed by atoms with Gasteiger partial charge in [0.15, 0.2) is 0 Å². The number of rotatable bonds is 6. The van der Waals surface area contributed by atoms with Gasteiger partial charge in [-0.05, 0) is 37.5 Å². The van der Waals surface area contributed by atoms with Crippen LogP contribution in [0.4, 0.5) is 13.2 Å². The van der Waals surface area contributed by atoms with E-state index in [1.807, 2.05) is 41.5 Å². The van der Waals surface area contributed by atoms with Crippen molar-refractivity contribution in [3.8, 4) is 23.2 Å². The summed E-state index contributed by atoms with van der Waals surface area (Å²) < 4.78 is 43.1. The predicted molar refractivity (Wildman–Crippen MR) is 141 cm³/mol. The molecule has 1 saturated carbocycles. The number of ether oxygens (including phenoxy) is 1. The Bertz CT molecular complexity index is 1100. The molecule has 0 atom stereocenters. The first-order chi connectivity index (χ1) is 17.6. The minimum absolute atomic E-state index is 0.0827. The standard InChI is InChI=1S/C22H19F3N4O2.3C2H6/c1-13(8-14(2)22(23,24)25)20(30)29-21(6-7-21)16-4-5-18(27-12-16)17-9-19(31-3)28-11-15(17)10-26;3*1-2/h4-5,8-9,11-12H,2,6-7H2,1,3H3,(H,29,30);3*1-2H3/b13-8+;;;. The highest BCUT2D eigenvalue weighted by Gasteiger charge is 2.46. The van der Waals surface area contributed by atoms with Gasteiger partial charge < -0.3 is 10.1 Å². The molecule has 6 nitrogen and oxygen atoms in total. The van der Waals surface area contributed by atoms with Gasteiger partial charge in [-0.25, -0.2) is 4.98 Å². The van der Waals surface area contributed by atoms with Crippen molar-refractivity contribution in [3.63, 3.8) is 0 Å². The fourth-order valence-electron chi connectivity index (χ4n) is 3.02. The van der Waals surface area contributed by atoms with Crippen molar-refractivity contribution in [1.82, 2.24) is 15.3 Å². The molecule has 0 radical (unpaired) electrons. The molecular formula is C28H37F3N4O2. The van der Waals surface area contributed by atoms with Gasteiger partial charge in [0.1, 0.15) is 6.07 Å². The first-order valence-electron chi connectivity index (χ1n) is 12.3. The topological polar surface area (TPSA) is 87.9 Å². The van der Waals surface area contributed by atoms with Gasteiger partial charge in [-0.2, -0.15) is 18.4 Å². The molecule has 0 saturated heterocycles. The molecule has 9 heteroatoms. The van der Waals surface area contributed by atoms with Crippen molar-refractivity contribution in [2.24, 2.45) is 0 Å². The summed E-state index contributed by atoms with van der Waals surface area (Å²) in [6.07, 6.45) is 0.406. The number of allylic oxidation sites excluding steroid dienone is 2. The number of nitrogens with one attached hydrogen (secondary N) is 1. The van der Waals surface area contributed by atoms with Crippen LogP contribution >= 0.6 is 0 Å². The third kappa shape index (κ3) is 9.05. The quantitative estimate of drug-likeness (QED) is 0.321. The molecule has 0 spiro atoms. The van der Waals surface area contributed by atoms with Crippen LogP contribution in [0.1, 0.15) is 72.4 Å². The molecule has 202 valence electrons. The van der Waals surface area contributed by atoms with E-state index in [9.17, 15) is 23.2 Å². The van der Waals surface area contributed by atoms with Gasteiger partial charge >= 0.3 is 6.18 Å². The number of halogens is 3. The number of hydrogen-bond acceptors (Lipinski definition) is 5. The van der Waals surface area contributed by atoms with E-state index < -0.39 is 23.2 Å². The van der Waals surface area contributed by atoms with E-state index in [2.05, 4.69) is 27.9 Å². The van der Waals surface area contributed by atoms with Crippen LogP contribution in [0.15, 0.2) is 54.4 Å². The van der Waals surface area contributed by atoms with Crippen molar-refractivity contribution in [3.05, 3.63) is 65.5 Å². The zero-order valence-electron chi connectivity index (χ0n) is 22.9. The molecule has 3 rings (SSSR count). The van der Waals surface area contributed by atoms with Gasteiger partial charge in [0.25, 0.3) is 0 Å². The first-order valence-corrected chi connectivity index (χ1v) is 12.3. The Balaban J connectivity index is 0.00000201. The van der Waals surface area contributed by atoms with Crippen LogP contribution in [0, 0.1) is 11.3 Å². The molecule has 1 N–H and O–H groups in total. The number of carbonyl (C=O) groups is 1. The zero-order valence-corrected chi connectivity index (χ0v) is 22.9. The van der Waals surface area contributed by atoms with Crippen molar-refractivity contribution >= 4 is 5.91 Å². The van der Waals surface area contributed by atoms with Gasteiger partial charge in [-0.15, -0.1) is 0 Å². The minimum Gasteiger partial charge on any atom is -0.481 e. The van der Waals surface area contributed by atoms with Crippen LogP contribution in [0.25, 0.3) is 11.3 Å². The lowest BCUT2D eigenvalue weighted by atomic mass is 10.0. The molecule has 0 aromatic carbocycles. The number of alkyl halides is 3. The number of amides is 1. The van der Waals surface area contributed by atoms with Crippen LogP contribution in [-0.2, 0) is 10.3 Å². The number of nitrogens with zero attached hydrogens (tertiary/aromatic N) is 3. The first kappa shape index (κ1) is 33.3. The van der Waals surface area contributed by atoms with Crippen LogP contribution in [0.3, 0.4) is 0 Å². The maximum Gasteiger partial charge on any atom is 0.415 e. The summed E-state index contributed by atoms with van der Waals surface area (Å²) in [6.45, 7) is 16.3. The van der Waals surface area contributed by atoms with E-state index >= 15 is 0 Å². The van der Waals surface area contributed by atoms with E-state index in [0.717, 1.165) is 11.6 Å². The Morgan fingerprint density at radius 1 is 1.14 bits per heavy atom. The Labute approximate surface area is 218 Å². The van der Waals surface area contributed by atoms with Crippen LogP contribution in [0.5, 0.6) is 5.88 Å². The molecule has 2 heterocycles. The van der Waals surface area contributed by atoms with E-state index in [1.165, 1.54) is 20.2 Å². The fourth-order valence-corrected chi connectivity index (χ4v) is 3.02. The lowest BCUT2D eigenvalue weighted by Crippen LogP contribution is -2.35. The molecule has 0 unspecified atom stereocenters. The highest BCUT2D eigenvalue weighted by molar-refractivity contribution is 5.94. The Morgan fingerprint density at radius 3 is 2.16 bits per heavy atom. The van der Waals surface area contributed by atoms with E-state index in [4.69, 9.17) is 4.74 Å². The van der Waals surface area contributed by atoms with Gasteiger partial charge in [0.2, 0.25) is 11.8 Å². The average Bonchev–Trinajstić information content (AvgIpc) is 3.71. The summed E-state index contributed by atoms with van der Waals surface area (Å²) in [4.78, 5) is 20.8. The SMILES string of the molecule is C=C(/C=C(\C)C(=O)NC1(c2ccc(-c3cc(OC)ncc3C#N)nc2)CC1)C(F)(F)F.CC.CC.CC. The smallest absolute Gasteiger partial charge is 0.415 e. The number of methoxy groups -OCH3 is 1.